The fraction of sp³-hybridized carbons (Fsp3) is 0.810. The molecule has 0 spiro atoms. The number of hydrogen-bond acceptors (Lipinski definition) is 16. The van der Waals surface area contributed by atoms with Crippen LogP contribution in [-0.2, 0) is 57.1 Å². The summed E-state index contributed by atoms with van der Waals surface area (Å²) in [5, 5.41) is 34.2. The Labute approximate surface area is 343 Å². The molecule has 3 aliphatic rings. The number of carbonyl (C=O) groups is 4. The third-order valence-electron chi connectivity index (χ3n) is 11.0. The molecule has 0 radical (unpaired) electrons. The number of aldehydes is 1. The molecule has 0 aromatic heterocycles. The number of allylic oxidation sites excluding steroid dienone is 2. The van der Waals surface area contributed by atoms with Crippen molar-refractivity contribution in [2.24, 2.45) is 17.8 Å². The molecule has 0 amide bonds. The van der Waals surface area contributed by atoms with E-state index in [4.69, 9.17) is 37.9 Å². The number of nitrogens with zero attached hydrogens (tertiary/aromatic N) is 1. The van der Waals surface area contributed by atoms with Gasteiger partial charge in [0.2, 0.25) is 0 Å². The lowest BCUT2D eigenvalue weighted by atomic mass is 9.82. The normalized spacial score (nSPS) is 40.7. The van der Waals surface area contributed by atoms with Gasteiger partial charge in [-0.05, 0) is 66.0 Å². The molecule has 16 atom stereocenters. The Morgan fingerprint density at radius 1 is 1.02 bits per heavy atom. The van der Waals surface area contributed by atoms with E-state index in [1.165, 1.54) is 14.0 Å². The molecule has 332 valence electrons. The van der Waals surface area contributed by atoms with E-state index in [9.17, 15) is 34.5 Å². The molecule has 3 rings (SSSR count). The van der Waals surface area contributed by atoms with Crippen LogP contribution in [-0.4, -0.2) is 151 Å². The first-order chi connectivity index (χ1) is 27.2. The van der Waals surface area contributed by atoms with Crippen molar-refractivity contribution in [1.29, 1.82) is 0 Å². The minimum absolute atomic E-state index is 0.000956. The van der Waals surface area contributed by atoms with Gasteiger partial charge in [0, 0.05) is 39.7 Å². The predicted octanol–water partition coefficient (Wildman–Crippen LogP) is 3.01. The van der Waals surface area contributed by atoms with E-state index in [1.54, 1.807) is 71.0 Å². The molecule has 0 bridgehead atoms. The lowest BCUT2D eigenvalue weighted by Gasteiger charge is -2.50. The summed E-state index contributed by atoms with van der Waals surface area (Å²) in [4.78, 5) is 52.5. The van der Waals surface area contributed by atoms with E-state index < -0.39 is 121 Å². The third-order valence-corrected chi connectivity index (χ3v) is 11.0. The topological polar surface area (TPSA) is 206 Å². The van der Waals surface area contributed by atoms with Crippen molar-refractivity contribution in [3.8, 4) is 0 Å². The number of aliphatic hydroxyl groups excluding tert-OH is 3. The van der Waals surface area contributed by atoms with E-state index in [-0.39, 0.29) is 31.6 Å². The van der Waals surface area contributed by atoms with Crippen LogP contribution in [0.2, 0.25) is 0 Å². The molecule has 2 fully saturated rings. The van der Waals surface area contributed by atoms with Crippen molar-refractivity contribution in [2.45, 2.75) is 179 Å². The molecule has 0 aromatic carbocycles. The first-order valence-corrected chi connectivity index (χ1v) is 20.4. The summed E-state index contributed by atoms with van der Waals surface area (Å²) in [7, 11) is 4.86. The number of aliphatic hydroxyl groups is 3. The van der Waals surface area contributed by atoms with Gasteiger partial charge in [0.15, 0.2) is 12.6 Å². The molecule has 2 saturated heterocycles. The number of hydrogen-bond donors (Lipinski definition) is 3. The molecule has 1 unspecified atom stereocenters. The Morgan fingerprint density at radius 3 is 2.31 bits per heavy atom. The molecular weight excluding hydrogens is 758 g/mol. The Bertz CT molecular complexity index is 1390. The Hall–Kier alpha value is -2.80. The molecule has 3 aliphatic heterocycles. The van der Waals surface area contributed by atoms with E-state index in [0.29, 0.717) is 12.7 Å². The van der Waals surface area contributed by atoms with Crippen molar-refractivity contribution >= 4 is 24.2 Å². The quantitative estimate of drug-likeness (QED) is 0.147. The molecule has 3 N–H and O–H groups in total. The monoisotopic (exact) mass is 827 g/mol. The number of methoxy groups -OCH3 is 1. The smallest absolute Gasteiger partial charge is 0.309 e. The summed E-state index contributed by atoms with van der Waals surface area (Å²) in [5.41, 5.74) is -1.32. The van der Waals surface area contributed by atoms with Gasteiger partial charge in [-0.2, -0.15) is 0 Å². The van der Waals surface area contributed by atoms with Gasteiger partial charge < -0.3 is 62.9 Å². The van der Waals surface area contributed by atoms with E-state index in [1.807, 2.05) is 20.8 Å². The number of cyclic esters (lactones) is 1. The highest BCUT2D eigenvalue weighted by atomic mass is 16.7. The second-order valence-corrected chi connectivity index (χ2v) is 16.9. The average molecular weight is 828 g/mol. The van der Waals surface area contributed by atoms with Crippen molar-refractivity contribution < 1.29 is 72.4 Å². The molecule has 58 heavy (non-hydrogen) atoms. The van der Waals surface area contributed by atoms with Gasteiger partial charge in [-0.25, -0.2) is 0 Å². The highest BCUT2D eigenvalue weighted by Gasteiger charge is 2.53. The maximum atomic E-state index is 13.3. The lowest BCUT2D eigenvalue weighted by Crippen LogP contribution is -2.66. The zero-order valence-corrected chi connectivity index (χ0v) is 36.1. The number of esters is 3. The summed E-state index contributed by atoms with van der Waals surface area (Å²) >= 11 is 0. The first kappa shape index (κ1) is 49.6. The van der Waals surface area contributed by atoms with Crippen LogP contribution in [0.3, 0.4) is 0 Å². The fourth-order valence-corrected chi connectivity index (χ4v) is 8.06. The Kier molecular flexibility index (Phi) is 19.4. The fourth-order valence-electron chi connectivity index (χ4n) is 8.06. The molecule has 0 saturated carbocycles. The SMILES string of the molecule is CO[C@H]1[C@H](OC(C)=O)CC(=O)O[C@H](C)C/C=C/C=C/[C@H](O)[C@H](C)CC(CC=O)[C@@H]1O[C@@H]1O[C@H](C)[C@@H](O[C@H]2C[C@@](C)(OC(=O)CC(C)C)[C@@H](O)[C@H](C)O2)[C@H](N(C)C)[C@H]1O. The van der Waals surface area contributed by atoms with Crippen molar-refractivity contribution in [1.82, 2.24) is 4.90 Å². The van der Waals surface area contributed by atoms with Crippen LogP contribution in [0.15, 0.2) is 24.3 Å². The number of ether oxygens (including phenoxy) is 8. The lowest BCUT2D eigenvalue weighted by molar-refractivity contribution is -0.344. The van der Waals surface area contributed by atoms with E-state index in [0.717, 1.165) is 0 Å². The number of carbonyl (C=O) groups excluding carboxylic acids is 4. The minimum Gasteiger partial charge on any atom is -0.462 e. The van der Waals surface area contributed by atoms with Gasteiger partial charge in [0.05, 0.1) is 36.9 Å². The average Bonchev–Trinajstić information content (AvgIpc) is 3.10. The number of likely N-dealkylation sites (N-methyl/N-ethyl adjacent to an activating group) is 1. The van der Waals surface area contributed by atoms with Crippen LogP contribution < -0.4 is 0 Å². The van der Waals surface area contributed by atoms with Gasteiger partial charge in [-0.1, -0.05) is 45.1 Å². The predicted molar refractivity (Wildman–Crippen MR) is 210 cm³/mol. The minimum atomic E-state index is -1.40. The maximum Gasteiger partial charge on any atom is 0.309 e. The van der Waals surface area contributed by atoms with E-state index >= 15 is 0 Å². The summed E-state index contributed by atoms with van der Waals surface area (Å²) in [6, 6.07) is -0.786. The van der Waals surface area contributed by atoms with Gasteiger partial charge in [-0.3, -0.25) is 14.4 Å². The second kappa shape index (κ2) is 22.7. The van der Waals surface area contributed by atoms with Crippen LogP contribution in [0.25, 0.3) is 0 Å². The van der Waals surface area contributed by atoms with Crippen molar-refractivity contribution in [3.63, 3.8) is 0 Å². The van der Waals surface area contributed by atoms with Crippen LogP contribution >= 0.6 is 0 Å². The molecule has 0 aliphatic carbocycles. The number of rotatable bonds is 12. The Morgan fingerprint density at radius 2 is 1.71 bits per heavy atom. The van der Waals surface area contributed by atoms with Crippen molar-refractivity contribution in [3.05, 3.63) is 24.3 Å². The largest absolute Gasteiger partial charge is 0.462 e. The van der Waals surface area contributed by atoms with Crippen LogP contribution in [0.5, 0.6) is 0 Å². The van der Waals surface area contributed by atoms with Crippen molar-refractivity contribution in [2.75, 3.05) is 21.2 Å². The molecule has 16 nitrogen and oxygen atoms in total. The summed E-state index contributed by atoms with van der Waals surface area (Å²) < 4.78 is 48.7. The summed E-state index contributed by atoms with van der Waals surface area (Å²) in [5.74, 6) is -2.86. The van der Waals surface area contributed by atoms with Crippen LogP contribution in [0.1, 0.15) is 93.9 Å². The second-order valence-electron chi connectivity index (χ2n) is 16.9. The molecule has 3 heterocycles. The van der Waals surface area contributed by atoms with Gasteiger partial charge >= 0.3 is 17.9 Å². The zero-order chi connectivity index (χ0) is 43.5. The van der Waals surface area contributed by atoms with Gasteiger partial charge in [-0.15, -0.1) is 0 Å². The highest BCUT2D eigenvalue weighted by Crippen LogP contribution is 2.38. The summed E-state index contributed by atoms with van der Waals surface area (Å²) in [6.45, 7) is 13.6. The zero-order valence-electron chi connectivity index (χ0n) is 36.1. The highest BCUT2D eigenvalue weighted by molar-refractivity contribution is 5.72. The first-order valence-electron chi connectivity index (χ1n) is 20.4. The third kappa shape index (κ3) is 13.9. The van der Waals surface area contributed by atoms with Gasteiger partial charge in [0.1, 0.15) is 48.5 Å². The molecule has 16 heteroatoms. The maximum absolute atomic E-state index is 13.3. The molecular formula is C42H69NO15. The Balaban J connectivity index is 2.01. The summed E-state index contributed by atoms with van der Waals surface area (Å²) in [6.07, 6.45) is -4.33. The van der Waals surface area contributed by atoms with E-state index in [2.05, 4.69) is 0 Å². The molecule has 0 aromatic rings. The standard InChI is InChI=1S/C42H69NO15/c1-23(2)19-33(48)58-42(8)22-34(53-27(6)40(42)50)56-37-26(5)54-41(36(49)35(37)43(9)10)57-38-29(17-18-44)20-24(3)30(46)16-14-12-13-15-25(4)52-32(47)21-31(39(38)51-11)55-28(7)45/h12-14,16,18,23-27,29-31,34-41,46,49-50H,15,17,19-22H2,1-11H3/b13-12+,16-14+/t24-,25-,26-,27+,29?,30+,31-,34+,35-,36-,37-,38+,39+,40+,41+,42-/m1/s1. The van der Waals surface area contributed by atoms with Crippen LogP contribution in [0, 0.1) is 17.8 Å². The van der Waals surface area contributed by atoms with Crippen LogP contribution in [0.4, 0.5) is 0 Å². The van der Waals surface area contributed by atoms with Gasteiger partial charge in [0.25, 0.3) is 0 Å².